The minimum atomic E-state index is -3.36. The van der Waals surface area contributed by atoms with Crippen molar-refractivity contribution in [1.82, 2.24) is 20.3 Å². The highest BCUT2D eigenvalue weighted by Crippen LogP contribution is 2.36. The summed E-state index contributed by atoms with van der Waals surface area (Å²) in [7, 11) is -1.07. The van der Waals surface area contributed by atoms with Gasteiger partial charge in [0.25, 0.3) is 5.92 Å². The van der Waals surface area contributed by atoms with Gasteiger partial charge in [0.15, 0.2) is 17.4 Å². The molecule has 3 aromatic rings. The van der Waals surface area contributed by atoms with Crippen LogP contribution in [0.1, 0.15) is 26.2 Å². The van der Waals surface area contributed by atoms with E-state index in [2.05, 4.69) is 25.6 Å². The molecule has 8 nitrogen and oxygen atoms in total. The van der Waals surface area contributed by atoms with Crippen molar-refractivity contribution in [2.45, 2.75) is 38.3 Å². The standard InChI is InChI=1S/C20H17F6N5O2S.C5H10FN/c1-3-20(25,26)9-34(32)31-17-12(22)7-14(15(23)16(17)24)33-18-11(6-10(21)8-29-18)13-4-5-28-19(27-2)30-13;6-5-2-1-3-7-4-5/h4-8,31H,3,9H2,1-2H3,(H,27,28,30);5,7H,1-4H2. The van der Waals surface area contributed by atoms with Crippen LogP contribution in [0.5, 0.6) is 11.6 Å². The maximum atomic E-state index is 14.6. The second kappa shape index (κ2) is 14.4. The second-order valence-electron chi connectivity index (χ2n) is 8.73. The normalized spacial score (nSPS) is 15.9. The number of benzene rings is 1. The molecule has 2 atom stereocenters. The van der Waals surface area contributed by atoms with Crippen LogP contribution in [0.2, 0.25) is 0 Å². The lowest BCUT2D eigenvalue weighted by Crippen LogP contribution is -2.30. The van der Waals surface area contributed by atoms with E-state index in [1.165, 1.54) is 19.3 Å². The molecule has 0 saturated carbocycles. The fourth-order valence-electron chi connectivity index (χ4n) is 3.42. The monoisotopic (exact) mass is 608 g/mol. The number of piperidine rings is 1. The Morgan fingerprint density at radius 3 is 2.54 bits per heavy atom. The average Bonchev–Trinajstić information content (AvgIpc) is 2.95. The van der Waals surface area contributed by atoms with Gasteiger partial charge in [0.05, 0.1) is 17.5 Å². The number of pyridine rings is 1. The summed E-state index contributed by atoms with van der Waals surface area (Å²) < 4.78 is 115. The summed E-state index contributed by atoms with van der Waals surface area (Å²) in [5, 5.41) is 5.63. The van der Waals surface area contributed by atoms with E-state index in [0.717, 1.165) is 38.6 Å². The van der Waals surface area contributed by atoms with E-state index in [4.69, 9.17) is 4.74 Å². The molecule has 41 heavy (non-hydrogen) atoms. The van der Waals surface area contributed by atoms with Crippen LogP contribution in [0.4, 0.5) is 42.4 Å². The van der Waals surface area contributed by atoms with Crippen molar-refractivity contribution in [3.63, 3.8) is 0 Å². The molecule has 0 spiro atoms. The Morgan fingerprint density at radius 1 is 1.17 bits per heavy atom. The van der Waals surface area contributed by atoms with Crippen LogP contribution in [-0.2, 0) is 11.0 Å². The van der Waals surface area contributed by atoms with E-state index in [0.29, 0.717) is 12.6 Å². The quantitative estimate of drug-likeness (QED) is 0.210. The molecule has 4 rings (SSSR count). The lowest BCUT2D eigenvalue weighted by atomic mass is 10.1. The number of hydrogen-bond acceptors (Lipinski definition) is 7. The van der Waals surface area contributed by atoms with Crippen molar-refractivity contribution in [2.24, 2.45) is 0 Å². The topological polar surface area (TPSA) is 101 Å². The third-order valence-electron chi connectivity index (χ3n) is 5.62. The molecule has 2 unspecified atom stereocenters. The van der Waals surface area contributed by atoms with Crippen LogP contribution in [0, 0.1) is 23.3 Å². The predicted molar refractivity (Wildman–Crippen MR) is 140 cm³/mol. The first-order chi connectivity index (χ1) is 19.4. The summed E-state index contributed by atoms with van der Waals surface area (Å²) in [6.45, 7) is 2.71. The summed E-state index contributed by atoms with van der Waals surface area (Å²) in [5.74, 6) is -11.7. The molecule has 1 fully saturated rings. The Hall–Kier alpha value is -3.53. The number of aromatic nitrogens is 3. The first-order valence-electron chi connectivity index (χ1n) is 12.3. The third-order valence-corrected chi connectivity index (χ3v) is 6.73. The van der Waals surface area contributed by atoms with Gasteiger partial charge in [-0.25, -0.2) is 45.5 Å². The SMILES string of the molecule is CCC(F)(F)CS(=O)Nc1c(F)cc(Oc2ncc(F)cc2-c2ccnc(NC)n2)c(F)c1F.FC1CCCNC1. The number of nitrogens with zero attached hydrogens (tertiary/aromatic N) is 3. The number of alkyl halides is 3. The molecule has 3 heterocycles. The number of halogens is 7. The largest absolute Gasteiger partial charge is 0.435 e. The van der Waals surface area contributed by atoms with Crippen molar-refractivity contribution < 1.29 is 39.7 Å². The molecule has 16 heteroatoms. The Balaban J connectivity index is 0.000000575. The molecular formula is C25H27F7N6O2S. The van der Waals surface area contributed by atoms with Gasteiger partial charge < -0.3 is 15.4 Å². The van der Waals surface area contributed by atoms with Crippen molar-refractivity contribution >= 4 is 22.6 Å². The zero-order chi connectivity index (χ0) is 30.2. The average molecular weight is 609 g/mol. The first kappa shape index (κ1) is 32.0. The van der Waals surface area contributed by atoms with Gasteiger partial charge in [0.2, 0.25) is 17.6 Å². The minimum absolute atomic E-state index is 0.0794. The molecule has 2 aromatic heterocycles. The van der Waals surface area contributed by atoms with Gasteiger partial charge in [-0.3, -0.25) is 4.72 Å². The molecule has 1 aromatic carbocycles. The van der Waals surface area contributed by atoms with Crippen LogP contribution in [0.15, 0.2) is 30.6 Å². The number of hydrogen-bond donors (Lipinski definition) is 3. The van der Waals surface area contributed by atoms with Gasteiger partial charge in [-0.05, 0) is 31.5 Å². The van der Waals surface area contributed by atoms with Crippen LogP contribution < -0.4 is 20.1 Å². The number of anilines is 2. The maximum Gasteiger partial charge on any atom is 0.261 e. The summed E-state index contributed by atoms with van der Waals surface area (Å²) in [6, 6.07) is 2.74. The highest BCUT2D eigenvalue weighted by molar-refractivity contribution is 7.86. The zero-order valence-electron chi connectivity index (χ0n) is 21.9. The van der Waals surface area contributed by atoms with Gasteiger partial charge in [0.1, 0.15) is 34.4 Å². The summed E-state index contributed by atoms with van der Waals surface area (Å²) in [4.78, 5) is 11.7. The number of nitrogens with one attached hydrogen (secondary N) is 3. The van der Waals surface area contributed by atoms with E-state index in [-0.39, 0.29) is 17.2 Å². The van der Waals surface area contributed by atoms with Gasteiger partial charge in [0, 0.05) is 32.3 Å². The molecule has 1 aliphatic heterocycles. The Bertz CT molecular complexity index is 1360. The predicted octanol–water partition coefficient (Wildman–Crippen LogP) is 5.76. The molecule has 3 N–H and O–H groups in total. The summed E-state index contributed by atoms with van der Waals surface area (Å²) >= 11 is 0. The lowest BCUT2D eigenvalue weighted by Gasteiger charge is -2.16. The Kier molecular flexibility index (Phi) is 11.2. The minimum Gasteiger partial charge on any atom is -0.435 e. The molecular weight excluding hydrogens is 581 g/mol. The molecule has 1 saturated heterocycles. The Labute approximate surface area is 233 Å². The molecule has 1 aliphatic rings. The molecule has 0 radical (unpaired) electrons. The van der Waals surface area contributed by atoms with Crippen molar-refractivity contribution in [3.8, 4) is 22.9 Å². The summed E-state index contributed by atoms with van der Waals surface area (Å²) in [6.07, 6.45) is 2.60. The molecule has 0 bridgehead atoms. The van der Waals surface area contributed by atoms with Crippen molar-refractivity contribution in [2.75, 3.05) is 35.9 Å². The fraction of sp³-hybridized carbons (Fsp3) is 0.400. The molecule has 0 amide bonds. The summed E-state index contributed by atoms with van der Waals surface area (Å²) in [5.41, 5.74) is -1.19. The van der Waals surface area contributed by atoms with Gasteiger partial charge in [-0.2, -0.15) is 4.39 Å². The third kappa shape index (κ3) is 8.98. The Morgan fingerprint density at radius 2 is 1.93 bits per heavy atom. The van der Waals surface area contributed by atoms with Gasteiger partial charge in [-0.1, -0.05) is 6.92 Å². The highest BCUT2D eigenvalue weighted by atomic mass is 32.2. The first-order valence-corrected chi connectivity index (χ1v) is 13.7. The zero-order valence-corrected chi connectivity index (χ0v) is 22.7. The van der Waals surface area contributed by atoms with E-state index in [9.17, 15) is 34.9 Å². The van der Waals surface area contributed by atoms with Crippen molar-refractivity contribution in [1.29, 1.82) is 0 Å². The van der Waals surface area contributed by atoms with Crippen LogP contribution in [0.3, 0.4) is 0 Å². The van der Waals surface area contributed by atoms with E-state index >= 15 is 0 Å². The van der Waals surface area contributed by atoms with E-state index in [1.807, 2.05) is 0 Å². The lowest BCUT2D eigenvalue weighted by molar-refractivity contribution is 0.0227. The van der Waals surface area contributed by atoms with Crippen molar-refractivity contribution in [3.05, 3.63) is 53.9 Å². The molecule has 0 aliphatic carbocycles. The number of rotatable bonds is 9. The maximum absolute atomic E-state index is 14.6. The number of ether oxygens (including phenoxy) is 1. The van der Waals surface area contributed by atoms with Crippen LogP contribution in [0.25, 0.3) is 11.3 Å². The van der Waals surface area contributed by atoms with Crippen LogP contribution >= 0.6 is 0 Å². The van der Waals surface area contributed by atoms with E-state index < -0.39 is 75.8 Å². The van der Waals surface area contributed by atoms with E-state index in [1.54, 1.807) is 4.72 Å². The van der Waals surface area contributed by atoms with Crippen LogP contribution in [-0.4, -0.2) is 57.1 Å². The second-order valence-corrected chi connectivity index (χ2v) is 9.91. The van der Waals surface area contributed by atoms with Gasteiger partial charge in [-0.15, -0.1) is 0 Å². The van der Waals surface area contributed by atoms with Gasteiger partial charge >= 0.3 is 0 Å². The highest BCUT2D eigenvalue weighted by Gasteiger charge is 2.31. The smallest absolute Gasteiger partial charge is 0.261 e. The molecule has 224 valence electrons. The fourth-order valence-corrected chi connectivity index (χ4v) is 4.49.